The van der Waals surface area contributed by atoms with Crippen LogP contribution in [0, 0.1) is 13.8 Å². The first kappa shape index (κ1) is 23.2. The second-order valence-corrected chi connectivity index (χ2v) is 9.22. The topological polar surface area (TPSA) is 59.1 Å². The van der Waals surface area contributed by atoms with Gasteiger partial charge in [-0.1, -0.05) is 12.1 Å². The summed E-state index contributed by atoms with van der Waals surface area (Å²) in [5.41, 5.74) is 4.05. The minimum atomic E-state index is -0.925. The molecule has 2 aromatic rings. The van der Waals surface area contributed by atoms with Crippen LogP contribution in [-0.2, 0) is 14.3 Å². The molecule has 7 heteroatoms. The molecule has 1 heterocycles. The molecule has 1 amide bonds. The van der Waals surface area contributed by atoms with Crippen LogP contribution in [0.4, 0.5) is 5.69 Å². The fraction of sp³-hybridized carbons (Fsp3) is 0.417. The summed E-state index contributed by atoms with van der Waals surface area (Å²) in [6, 6.07) is 11.8. The van der Waals surface area contributed by atoms with Gasteiger partial charge in [0.15, 0.2) is 6.10 Å². The molecule has 0 spiro atoms. The quantitative estimate of drug-likeness (QED) is 0.631. The van der Waals surface area contributed by atoms with Crippen LogP contribution in [0.15, 0.2) is 41.3 Å². The maximum atomic E-state index is 13.8. The SMILES string of the molecule is COc1ccc([C@@H]2Sc3cc(C)c(C)cc3N(CCN(C)C)C(=O)[C@@H]2OC(C)=O)cc1. The maximum absolute atomic E-state index is 13.8. The first-order chi connectivity index (χ1) is 14.7. The van der Waals surface area contributed by atoms with E-state index in [9.17, 15) is 9.59 Å². The molecule has 1 aliphatic rings. The fourth-order valence-corrected chi connectivity index (χ4v) is 4.94. The Bertz CT molecular complexity index is 959. The molecule has 0 unspecified atom stereocenters. The molecule has 2 atom stereocenters. The lowest BCUT2D eigenvalue weighted by molar-refractivity contribution is -0.152. The lowest BCUT2D eigenvalue weighted by atomic mass is 10.0. The molecule has 0 N–H and O–H groups in total. The number of nitrogens with zero attached hydrogens (tertiary/aromatic N) is 2. The van der Waals surface area contributed by atoms with Crippen LogP contribution < -0.4 is 9.64 Å². The van der Waals surface area contributed by atoms with E-state index >= 15 is 0 Å². The summed E-state index contributed by atoms with van der Waals surface area (Å²) in [4.78, 5) is 30.5. The van der Waals surface area contributed by atoms with E-state index in [-0.39, 0.29) is 11.2 Å². The predicted octanol–water partition coefficient (Wildman–Crippen LogP) is 3.99. The number of rotatable bonds is 6. The Morgan fingerprint density at radius 3 is 2.35 bits per heavy atom. The first-order valence-corrected chi connectivity index (χ1v) is 11.1. The summed E-state index contributed by atoms with van der Waals surface area (Å²) < 4.78 is 10.9. The van der Waals surface area contributed by atoms with Crippen molar-refractivity contribution >= 4 is 29.3 Å². The summed E-state index contributed by atoms with van der Waals surface area (Å²) in [7, 11) is 5.56. The van der Waals surface area contributed by atoms with Gasteiger partial charge in [0.1, 0.15) is 5.75 Å². The van der Waals surface area contributed by atoms with Gasteiger partial charge in [-0.3, -0.25) is 9.59 Å². The van der Waals surface area contributed by atoms with E-state index in [0.717, 1.165) is 33.0 Å². The van der Waals surface area contributed by atoms with Gasteiger partial charge in [0.25, 0.3) is 5.91 Å². The number of fused-ring (bicyclic) bond motifs is 1. The third-order valence-corrected chi connectivity index (χ3v) is 6.77. The van der Waals surface area contributed by atoms with E-state index in [2.05, 4.69) is 19.1 Å². The molecule has 6 nitrogen and oxygen atoms in total. The van der Waals surface area contributed by atoms with Crippen molar-refractivity contribution < 1.29 is 19.1 Å². The Kier molecular flexibility index (Phi) is 7.28. The second-order valence-electron chi connectivity index (χ2n) is 8.04. The molecular weight excluding hydrogens is 412 g/mol. The number of carbonyl (C=O) groups excluding carboxylic acids is 2. The number of ether oxygens (including phenoxy) is 2. The van der Waals surface area contributed by atoms with Crippen molar-refractivity contribution in [2.45, 2.75) is 37.0 Å². The highest BCUT2D eigenvalue weighted by atomic mass is 32.2. The first-order valence-electron chi connectivity index (χ1n) is 10.3. The molecule has 0 radical (unpaired) electrons. The lowest BCUT2D eigenvalue weighted by Crippen LogP contribution is -2.45. The average Bonchev–Trinajstić information content (AvgIpc) is 2.82. The summed E-state index contributed by atoms with van der Waals surface area (Å²) in [5.74, 6) is 0.0629. The number of hydrogen-bond donors (Lipinski definition) is 0. The predicted molar refractivity (Wildman–Crippen MR) is 124 cm³/mol. The van der Waals surface area contributed by atoms with Gasteiger partial charge in [-0.05, 0) is 68.9 Å². The molecule has 31 heavy (non-hydrogen) atoms. The second kappa shape index (κ2) is 9.75. The summed E-state index contributed by atoms with van der Waals surface area (Å²) in [6.45, 7) is 6.67. The minimum Gasteiger partial charge on any atom is -0.497 e. The van der Waals surface area contributed by atoms with Gasteiger partial charge in [-0.15, -0.1) is 11.8 Å². The van der Waals surface area contributed by atoms with E-state index in [1.165, 1.54) is 6.92 Å². The van der Waals surface area contributed by atoms with Crippen molar-refractivity contribution in [3.63, 3.8) is 0 Å². The van der Waals surface area contributed by atoms with Crippen molar-refractivity contribution in [1.29, 1.82) is 0 Å². The van der Waals surface area contributed by atoms with Gasteiger partial charge in [0.05, 0.1) is 18.0 Å². The number of carbonyl (C=O) groups is 2. The van der Waals surface area contributed by atoms with Gasteiger partial charge >= 0.3 is 5.97 Å². The van der Waals surface area contributed by atoms with Crippen LogP contribution >= 0.6 is 11.8 Å². The number of methoxy groups -OCH3 is 1. The van der Waals surface area contributed by atoms with Crippen molar-refractivity contribution in [1.82, 2.24) is 4.90 Å². The number of hydrogen-bond acceptors (Lipinski definition) is 6. The number of esters is 1. The molecule has 0 saturated heterocycles. The minimum absolute atomic E-state index is 0.202. The number of amides is 1. The molecule has 1 aliphatic heterocycles. The molecule has 2 aromatic carbocycles. The van der Waals surface area contributed by atoms with Crippen LogP contribution in [0.2, 0.25) is 0 Å². The van der Waals surface area contributed by atoms with Gasteiger partial charge < -0.3 is 19.3 Å². The normalized spacial score (nSPS) is 18.5. The smallest absolute Gasteiger partial charge is 0.303 e. The molecular formula is C24H30N2O4S. The number of benzene rings is 2. The third kappa shape index (κ3) is 5.22. The Morgan fingerprint density at radius 1 is 1.13 bits per heavy atom. The van der Waals surface area contributed by atoms with Gasteiger partial charge in [0, 0.05) is 24.9 Å². The Hall–Kier alpha value is -2.51. The van der Waals surface area contributed by atoms with E-state index in [0.29, 0.717) is 13.1 Å². The molecule has 3 rings (SSSR count). The molecule has 0 aromatic heterocycles. The van der Waals surface area contributed by atoms with Crippen LogP contribution in [0.1, 0.15) is 28.9 Å². The largest absolute Gasteiger partial charge is 0.497 e. The Balaban J connectivity index is 2.13. The van der Waals surface area contributed by atoms with Gasteiger partial charge in [-0.2, -0.15) is 0 Å². The molecule has 0 fully saturated rings. The lowest BCUT2D eigenvalue weighted by Gasteiger charge is -2.28. The highest BCUT2D eigenvalue weighted by molar-refractivity contribution is 7.99. The number of anilines is 1. The Morgan fingerprint density at radius 2 is 1.77 bits per heavy atom. The van der Waals surface area contributed by atoms with Crippen LogP contribution in [0.5, 0.6) is 5.75 Å². The van der Waals surface area contributed by atoms with Crippen LogP contribution in [0.3, 0.4) is 0 Å². The van der Waals surface area contributed by atoms with Crippen molar-refractivity contribution in [2.24, 2.45) is 0 Å². The van der Waals surface area contributed by atoms with E-state index in [1.807, 2.05) is 50.2 Å². The molecule has 0 bridgehead atoms. The average molecular weight is 443 g/mol. The molecule has 0 saturated carbocycles. The van der Waals surface area contributed by atoms with Crippen LogP contribution in [0.25, 0.3) is 0 Å². The summed E-state index contributed by atoms with van der Waals surface area (Å²) in [6.07, 6.45) is -0.925. The molecule has 0 aliphatic carbocycles. The zero-order valence-corrected chi connectivity index (χ0v) is 19.8. The van der Waals surface area contributed by atoms with E-state index < -0.39 is 12.1 Å². The highest BCUT2D eigenvalue weighted by Crippen LogP contribution is 2.47. The molecule has 166 valence electrons. The maximum Gasteiger partial charge on any atom is 0.303 e. The number of aryl methyl sites for hydroxylation is 2. The zero-order valence-electron chi connectivity index (χ0n) is 19.0. The van der Waals surface area contributed by atoms with E-state index in [1.54, 1.807) is 23.8 Å². The van der Waals surface area contributed by atoms with Gasteiger partial charge in [-0.25, -0.2) is 0 Å². The van der Waals surface area contributed by atoms with Crippen molar-refractivity contribution in [3.8, 4) is 5.75 Å². The number of thioether (sulfide) groups is 1. The van der Waals surface area contributed by atoms with Gasteiger partial charge in [0.2, 0.25) is 0 Å². The fourth-order valence-electron chi connectivity index (χ4n) is 3.54. The summed E-state index contributed by atoms with van der Waals surface area (Å²) in [5, 5.41) is -0.368. The van der Waals surface area contributed by atoms with Crippen molar-refractivity contribution in [2.75, 3.05) is 39.2 Å². The zero-order chi connectivity index (χ0) is 22.7. The highest BCUT2D eigenvalue weighted by Gasteiger charge is 2.41. The van der Waals surface area contributed by atoms with Crippen molar-refractivity contribution in [3.05, 3.63) is 53.1 Å². The third-order valence-electron chi connectivity index (χ3n) is 5.41. The van der Waals surface area contributed by atoms with Crippen LogP contribution in [-0.4, -0.2) is 57.2 Å². The van der Waals surface area contributed by atoms with E-state index in [4.69, 9.17) is 9.47 Å². The summed E-state index contributed by atoms with van der Waals surface area (Å²) >= 11 is 1.56. The standard InChI is InChI=1S/C24H30N2O4S/c1-15-13-20-21(14-16(15)2)31-23(18-7-9-19(29-6)10-8-18)22(30-17(3)27)24(28)26(20)12-11-25(4)5/h7-10,13-14,22-23H,11-12H2,1-6H3/t22-,23+/m1/s1. The Labute approximate surface area is 188 Å². The monoisotopic (exact) mass is 442 g/mol. The number of likely N-dealkylation sites (N-methyl/N-ethyl adjacent to an activating group) is 1.